The van der Waals surface area contributed by atoms with Gasteiger partial charge in [-0.25, -0.2) is 4.39 Å². The summed E-state index contributed by atoms with van der Waals surface area (Å²) in [6.45, 7) is 0.816. The van der Waals surface area contributed by atoms with Crippen LogP contribution in [0.5, 0.6) is 5.75 Å². The molecule has 2 rings (SSSR count). The van der Waals surface area contributed by atoms with E-state index < -0.39 is 5.82 Å². The summed E-state index contributed by atoms with van der Waals surface area (Å²) in [5.41, 5.74) is 0.308. The second-order valence-electron chi connectivity index (χ2n) is 4.42. The molecule has 0 aliphatic carbocycles. The summed E-state index contributed by atoms with van der Waals surface area (Å²) in [7, 11) is 1.48. The van der Waals surface area contributed by atoms with Crippen molar-refractivity contribution < 1.29 is 18.7 Å². The summed E-state index contributed by atoms with van der Waals surface area (Å²) < 4.78 is 23.7. The molecule has 0 aromatic heterocycles. The summed E-state index contributed by atoms with van der Waals surface area (Å²) in [5, 5.41) is 0. The summed E-state index contributed by atoms with van der Waals surface area (Å²) in [4.78, 5) is 12.0. The maximum atomic E-state index is 13.2. The largest absolute Gasteiger partial charge is 0.496 e. The van der Waals surface area contributed by atoms with E-state index in [1.807, 2.05) is 0 Å². The number of rotatable bonds is 6. The van der Waals surface area contributed by atoms with Gasteiger partial charge in [-0.1, -0.05) is 0 Å². The lowest BCUT2D eigenvalue weighted by Gasteiger charge is -2.10. The molecule has 1 saturated heterocycles. The van der Waals surface area contributed by atoms with Crippen LogP contribution in [0.2, 0.25) is 0 Å². The van der Waals surface area contributed by atoms with Crippen molar-refractivity contribution in [2.24, 2.45) is 0 Å². The molecule has 5 heteroatoms. The molecule has 0 spiro atoms. The fourth-order valence-electron chi connectivity index (χ4n) is 2.03. The van der Waals surface area contributed by atoms with E-state index in [-0.39, 0.29) is 11.9 Å². The molecule has 1 unspecified atom stereocenters. The third-order valence-corrected chi connectivity index (χ3v) is 4.10. The lowest BCUT2D eigenvalue weighted by atomic mass is 10.1. The highest BCUT2D eigenvalue weighted by atomic mass is 32.2. The van der Waals surface area contributed by atoms with E-state index in [2.05, 4.69) is 0 Å². The molecule has 104 valence electrons. The molecule has 1 aliphatic rings. The molecule has 0 amide bonds. The van der Waals surface area contributed by atoms with Gasteiger partial charge in [0.15, 0.2) is 5.78 Å². The van der Waals surface area contributed by atoms with Crippen molar-refractivity contribution in [3.05, 3.63) is 29.6 Å². The minimum Gasteiger partial charge on any atom is -0.496 e. The topological polar surface area (TPSA) is 35.5 Å². The smallest absolute Gasteiger partial charge is 0.176 e. The van der Waals surface area contributed by atoms with Crippen LogP contribution in [0.15, 0.2) is 18.2 Å². The molecule has 0 bridgehead atoms. The first-order chi connectivity index (χ1) is 9.20. The average molecular weight is 284 g/mol. The number of methoxy groups -OCH3 is 1. The van der Waals surface area contributed by atoms with Crippen molar-refractivity contribution in [1.29, 1.82) is 0 Å². The Morgan fingerprint density at radius 2 is 2.42 bits per heavy atom. The minimum absolute atomic E-state index is 0.112. The molecule has 1 aromatic carbocycles. The van der Waals surface area contributed by atoms with Gasteiger partial charge in [-0.2, -0.15) is 11.8 Å². The van der Waals surface area contributed by atoms with Gasteiger partial charge in [0.1, 0.15) is 11.6 Å². The second kappa shape index (κ2) is 6.91. The van der Waals surface area contributed by atoms with Gasteiger partial charge in [0.2, 0.25) is 0 Å². The Balaban J connectivity index is 1.89. The molecular weight excluding hydrogens is 267 g/mol. The number of thioether (sulfide) groups is 1. The molecule has 0 saturated carbocycles. The summed E-state index contributed by atoms with van der Waals surface area (Å²) in [6, 6.07) is 4.00. The highest BCUT2D eigenvalue weighted by molar-refractivity contribution is 8.00. The van der Waals surface area contributed by atoms with E-state index in [4.69, 9.17) is 9.47 Å². The molecule has 0 N–H and O–H groups in total. The Kier molecular flexibility index (Phi) is 5.22. The number of benzene rings is 1. The quantitative estimate of drug-likeness (QED) is 0.752. The maximum absolute atomic E-state index is 13.2. The fraction of sp³-hybridized carbons (Fsp3) is 0.500. The lowest BCUT2D eigenvalue weighted by molar-refractivity contribution is 0.101. The molecule has 1 aliphatic heterocycles. The normalized spacial score (nSPS) is 18.5. The number of halogens is 1. The number of ketones is 1. The predicted molar refractivity (Wildman–Crippen MR) is 73.6 cm³/mol. The third kappa shape index (κ3) is 3.94. The van der Waals surface area contributed by atoms with Crippen LogP contribution in [0.1, 0.15) is 23.2 Å². The fourth-order valence-corrected chi connectivity index (χ4v) is 3.02. The number of hydrogen-bond donors (Lipinski definition) is 0. The Morgan fingerprint density at radius 1 is 1.58 bits per heavy atom. The van der Waals surface area contributed by atoms with Gasteiger partial charge >= 0.3 is 0 Å². The van der Waals surface area contributed by atoms with E-state index in [0.29, 0.717) is 17.1 Å². The minimum atomic E-state index is -0.423. The van der Waals surface area contributed by atoms with Gasteiger partial charge in [0.05, 0.1) is 24.5 Å². The Hall–Kier alpha value is -1.07. The van der Waals surface area contributed by atoms with Crippen molar-refractivity contribution >= 4 is 17.5 Å². The average Bonchev–Trinajstić information content (AvgIpc) is 2.91. The first-order valence-corrected chi connectivity index (χ1v) is 7.42. The van der Waals surface area contributed by atoms with Crippen LogP contribution < -0.4 is 4.74 Å². The van der Waals surface area contributed by atoms with Crippen LogP contribution in [-0.2, 0) is 4.74 Å². The van der Waals surface area contributed by atoms with Crippen molar-refractivity contribution in [3.63, 3.8) is 0 Å². The molecule has 1 atom stereocenters. The standard InChI is InChI=1S/C14H17FO3S/c1-17-14-5-4-10(15)7-12(14)13(16)9-19-8-11-3-2-6-18-11/h4-5,7,11H,2-3,6,8-9H2,1H3. The molecule has 1 heterocycles. The first kappa shape index (κ1) is 14.3. The van der Waals surface area contributed by atoms with E-state index >= 15 is 0 Å². The first-order valence-electron chi connectivity index (χ1n) is 6.27. The predicted octanol–water partition coefficient (Wildman–Crippen LogP) is 2.93. The monoisotopic (exact) mass is 284 g/mol. The molecular formula is C14H17FO3S. The van der Waals surface area contributed by atoms with Crippen LogP contribution in [-0.4, -0.2) is 37.1 Å². The number of Topliss-reactive ketones (excluding diaryl/α,β-unsaturated/α-hetero) is 1. The van der Waals surface area contributed by atoms with Crippen molar-refractivity contribution in [2.45, 2.75) is 18.9 Å². The Bertz CT molecular complexity index is 444. The molecule has 1 aromatic rings. The van der Waals surface area contributed by atoms with Crippen LogP contribution >= 0.6 is 11.8 Å². The lowest BCUT2D eigenvalue weighted by Crippen LogP contribution is -2.11. The van der Waals surface area contributed by atoms with E-state index in [1.54, 1.807) is 0 Å². The Labute approximate surface area is 116 Å². The number of ether oxygens (including phenoxy) is 2. The van der Waals surface area contributed by atoms with Gasteiger partial charge < -0.3 is 9.47 Å². The second-order valence-corrected chi connectivity index (χ2v) is 5.45. The molecule has 0 radical (unpaired) electrons. The van der Waals surface area contributed by atoms with Gasteiger partial charge in [-0.05, 0) is 31.0 Å². The van der Waals surface area contributed by atoms with Crippen LogP contribution in [0.4, 0.5) is 4.39 Å². The number of carbonyl (C=O) groups is 1. The van der Waals surface area contributed by atoms with E-state index in [1.165, 1.54) is 37.1 Å². The molecule has 19 heavy (non-hydrogen) atoms. The summed E-state index contributed by atoms with van der Waals surface area (Å²) in [6.07, 6.45) is 2.41. The number of carbonyl (C=O) groups excluding carboxylic acids is 1. The summed E-state index contributed by atoms with van der Waals surface area (Å²) in [5.74, 6) is 1.01. The maximum Gasteiger partial charge on any atom is 0.176 e. The van der Waals surface area contributed by atoms with E-state index in [0.717, 1.165) is 25.2 Å². The van der Waals surface area contributed by atoms with Gasteiger partial charge in [-0.3, -0.25) is 4.79 Å². The summed E-state index contributed by atoms with van der Waals surface area (Å²) >= 11 is 1.53. The van der Waals surface area contributed by atoms with E-state index in [9.17, 15) is 9.18 Å². The highest BCUT2D eigenvalue weighted by Crippen LogP contribution is 2.23. The zero-order valence-corrected chi connectivity index (χ0v) is 11.7. The number of hydrogen-bond acceptors (Lipinski definition) is 4. The zero-order valence-electron chi connectivity index (χ0n) is 10.9. The highest BCUT2D eigenvalue weighted by Gasteiger charge is 2.17. The van der Waals surface area contributed by atoms with Gasteiger partial charge in [-0.15, -0.1) is 0 Å². The van der Waals surface area contributed by atoms with Crippen molar-refractivity contribution in [1.82, 2.24) is 0 Å². The van der Waals surface area contributed by atoms with Crippen molar-refractivity contribution in [3.8, 4) is 5.75 Å². The van der Waals surface area contributed by atoms with Gasteiger partial charge in [0, 0.05) is 12.4 Å². The van der Waals surface area contributed by atoms with Crippen molar-refractivity contribution in [2.75, 3.05) is 25.2 Å². The Morgan fingerprint density at radius 3 is 3.11 bits per heavy atom. The van der Waals surface area contributed by atoms with Gasteiger partial charge in [0.25, 0.3) is 0 Å². The zero-order chi connectivity index (χ0) is 13.7. The SMILES string of the molecule is COc1ccc(F)cc1C(=O)CSCC1CCCO1. The van der Waals surface area contributed by atoms with Crippen LogP contribution in [0, 0.1) is 5.82 Å². The third-order valence-electron chi connectivity index (χ3n) is 3.02. The van der Waals surface area contributed by atoms with Crippen LogP contribution in [0.3, 0.4) is 0 Å². The van der Waals surface area contributed by atoms with Crippen LogP contribution in [0.25, 0.3) is 0 Å². The molecule has 3 nitrogen and oxygen atoms in total. The molecule has 1 fully saturated rings.